The van der Waals surface area contributed by atoms with E-state index in [9.17, 15) is 13.2 Å². The van der Waals surface area contributed by atoms with E-state index < -0.39 is 21.8 Å². The summed E-state index contributed by atoms with van der Waals surface area (Å²) in [5, 5.41) is 10.6. The predicted octanol–water partition coefficient (Wildman–Crippen LogP) is 3.19. The summed E-state index contributed by atoms with van der Waals surface area (Å²) in [6, 6.07) is 15.0. The Morgan fingerprint density at radius 2 is 1.50 bits per heavy atom. The van der Waals surface area contributed by atoms with Crippen LogP contribution in [0.4, 0.5) is 0 Å². The van der Waals surface area contributed by atoms with Gasteiger partial charge < -0.3 is 5.32 Å². The van der Waals surface area contributed by atoms with Crippen LogP contribution in [0.1, 0.15) is 21.6 Å². The summed E-state index contributed by atoms with van der Waals surface area (Å²) < 4.78 is 36.0. The Morgan fingerprint density at radius 3 is 2.09 bits per heavy atom. The molecule has 0 aliphatic carbocycles. The summed E-state index contributed by atoms with van der Waals surface area (Å²) in [6.07, 6.45) is 0. The summed E-state index contributed by atoms with van der Waals surface area (Å²) >= 11 is 0. The maximum Gasteiger partial charge on any atom is 0.270 e. The van der Waals surface area contributed by atoms with Crippen molar-refractivity contribution in [2.45, 2.75) is 13.8 Å². The number of hydrogen-bond acceptors (Lipinski definition) is 7. The molecule has 9 nitrogen and oxygen atoms in total. The fraction of sp³-hybridized carbons (Fsp3) is 0.182. The van der Waals surface area contributed by atoms with Gasteiger partial charge in [0, 0.05) is 17.7 Å². The number of rotatable bonds is 6. The molecule has 0 radical (unpaired) electrons. The van der Waals surface area contributed by atoms with Gasteiger partial charge in [-0.15, -0.1) is 0 Å². The first kappa shape index (κ1) is 21.6. The van der Waals surface area contributed by atoms with Crippen molar-refractivity contribution in [3.05, 3.63) is 65.4 Å². The van der Waals surface area contributed by atoms with Gasteiger partial charge in [0.25, 0.3) is 16.0 Å². The van der Waals surface area contributed by atoms with Gasteiger partial charge in [-0.1, -0.05) is 59.7 Å². The highest BCUT2D eigenvalue weighted by Gasteiger charge is 2.25. The Bertz CT molecular complexity index is 1400. The highest BCUT2D eigenvalue weighted by Crippen LogP contribution is 2.35. The van der Waals surface area contributed by atoms with Crippen molar-refractivity contribution >= 4 is 27.1 Å². The Labute approximate surface area is 184 Å². The molecule has 0 fully saturated rings. The zero-order chi connectivity index (χ0) is 22.9. The van der Waals surface area contributed by atoms with Gasteiger partial charge in [0.2, 0.25) is 0 Å². The molecule has 0 aliphatic rings. The van der Waals surface area contributed by atoms with Crippen LogP contribution in [0.2, 0.25) is 0 Å². The maximum atomic E-state index is 13.1. The summed E-state index contributed by atoms with van der Waals surface area (Å²) in [7, 11) is -4.22. The second-order valence-electron chi connectivity index (χ2n) is 7.42. The molecule has 0 aliphatic heterocycles. The minimum absolute atomic E-state index is 0.0444. The Hall–Kier alpha value is -3.63. The van der Waals surface area contributed by atoms with Gasteiger partial charge >= 0.3 is 0 Å². The highest BCUT2D eigenvalue weighted by atomic mass is 32.2. The van der Waals surface area contributed by atoms with Crippen LogP contribution < -0.4 is 5.32 Å². The molecule has 2 aromatic carbocycles. The third kappa shape index (κ3) is 4.51. The molecule has 0 bridgehead atoms. The molecule has 0 unspecified atom stereocenters. The van der Waals surface area contributed by atoms with E-state index in [0.29, 0.717) is 27.9 Å². The zero-order valence-electron chi connectivity index (χ0n) is 17.4. The second-order valence-corrected chi connectivity index (χ2v) is 8.99. The van der Waals surface area contributed by atoms with Crippen molar-refractivity contribution in [2.24, 2.45) is 0 Å². The van der Waals surface area contributed by atoms with E-state index in [-0.39, 0.29) is 12.2 Å². The summed E-state index contributed by atoms with van der Waals surface area (Å²) in [6.45, 7) is 3.62. The number of nitrogens with zero attached hydrogens (tertiary/aromatic N) is 3. The van der Waals surface area contributed by atoms with Crippen molar-refractivity contribution in [1.82, 2.24) is 20.6 Å². The van der Waals surface area contributed by atoms with Gasteiger partial charge in [-0.05, 0) is 29.7 Å². The molecule has 0 spiro atoms. The molecule has 10 heteroatoms. The predicted molar refractivity (Wildman–Crippen MR) is 119 cm³/mol. The lowest BCUT2D eigenvalue weighted by Crippen LogP contribution is -2.30. The zero-order valence-corrected chi connectivity index (χ0v) is 18.2. The van der Waals surface area contributed by atoms with Crippen LogP contribution in [0, 0.1) is 13.8 Å². The summed E-state index contributed by atoms with van der Waals surface area (Å²) in [5.74, 6) is -1.22. The van der Waals surface area contributed by atoms with Crippen LogP contribution in [0.5, 0.6) is 0 Å². The molecule has 2 N–H and O–H groups in total. The standard InChI is InChI=1S/C22H20N4O5S/c1-13-3-7-15(8-4-13)17-19-21(26-31-25-19)18(16-9-5-14(2)6-10-16)24-20(17)22(27)23-11-12-32(28,29)30/h3-10H,11-12H2,1-2H3,(H,23,27)(H,28,29,30). The van der Waals surface area contributed by atoms with Crippen molar-refractivity contribution in [3.63, 3.8) is 0 Å². The van der Waals surface area contributed by atoms with Crippen LogP contribution in [0.25, 0.3) is 33.4 Å². The molecule has 4 aromatic rings. The number of aromatic nitrogens is 3. The van der Waals surface area contributed by atoms with Crippen molar-refractivity contribution in [1.29, 1.82) is 0 Å². The first-order valence-electron chi connectivity index (χ1n) is 9.76. The molecule has 0 atom stereocenters. The van der Waals surface area contributed by atoms with E-state index in [1.807, 2.05) is 62.4 Å². The van der Waals surface area contributed by atoms with Crippen molar-refractivity contribution in [3.8, 4) is 22.4 Å². The third-order valence-corrected chi connectivity index (χ3v) is 5.66. The van der Waals surface area contributed by atoms with Crippen LogP contribution in [0.15, 0.2) is 53.2 Å². The molecule has 2 aromatic heterocycles. The second kappa shape index (κ2) is 8.48. The lowest BCUT2D eigenvalue weighted by atomic mass is 9.98. The Morgan fingerprint density at radius 1 is 0.938 bits per heavy atom. The smallest absolute Gasteiger partial charge is 0.270 e. The fourth-order valence-corrected chi connectivity index (χ4v) is 3.65. The quantitative estimate of drug-likeness (QED) is 0.426. The SMILES string of the molecule is Cc1ccc(-c2nc(C(=O)NCCS(=O)(=O)O)c(-c3ccc(C)cc3)c3nonc23)cc1. The fourth-order valence-electron chi connectivity index (χ4n) is 3.29. The van der Waals surface area contributed by atoms with E-state index in [1.54, 1.807) is 0 Å². The lowest BCUT2D eigenvalue weighted by Gasteiger charge is -2.12. The number of amides is 1. The van der Waals surface area contributed by atoms with E-state index in [2.05, 4.69) is 20.6 Å². The molecular weight excluding hydrogens is 432 g/mol. The van der Waals surface area contributed by atoms with Gasteiger partial charge in [0.15, 0.2) is 5.52 Å². The average molecular weight is 452 g/mol. The highest BCUT2D eigenvalue weighted by molar-refractivity contribution is 7.85. The van der Waals surface area contributed by atoms with E-state index >= 15 is 0 Å². The molecule has 0 saturated carbocycles. The topological polar surface area (TPSA) is 135 Å². The van der Waals surface area contributed by atoms with Gasteiger partial charge in [0.05, 0.1) is 5.75 Å². The molecule has 2 heterocycles. The number of fused-ring (bicyclic) bond motifs is 1. The number of carbonyl (C=O) groups excluding carboxylic acids is 1. The van der Waals surface area contributed by atoms with Crippen LogP contribution in [-0.2, 0) is 10.1 Å². The molecule has 0 saturated heterocycles. The van der Waals surface area contributed by atoms with Gasteiger partial charge in [-0.2, -0.15) is 8.42 Å². The van der Waals surface area contributed by atoms with E-state index in [1.165, 1.54) is 0 Å². The normalized spacial score (nSPS) is 11.6. The first-order chi connectivity index (χ1) is 15.2. The number of benzene rings is 2. The van der Waals surface area contributed by atoms with Crippen molar-refractivity contribution < 1.29 is 22.4 Å². The molecular formula is C22H20N4O5S. The number of carbonyl (C=O) groups is 1. The largest absolute Gasteiger partial charge is 0.350 e. The van der Waals surface area contributed by atoms with Crippen LogP contribution in [-0.4, -0.2) is 46.5 Å². The first-order valence-corrected chi connectivity index (χ1v) is 11.4. The third-order valence-electron chi connectivity index (χ3n) is 4.94. The minimum Gasteiger partial charge on any atom is -0.350 e. The van der Waals surface area contributed by atoms with Gasteiger partial charge in [-0.3, -0.25) is 9.35 Å². The van der Waals surface area contributed by atoms with Gasteiger partial charge in [0.1, 0.15) is 16.9 Å². The van der Waals surface area contributed by atoms with E-state index in [4.69, 9.17) is 9.18 Å². The Balaban J connectivity index is 1.90. The van der Waals surface area contributed by atoms with Crippen molar-refractivity contribution in [2.75, 3.05) is 12.3 Å². The van der Waals surface area contributed by atoms with Crippen LogP contribution >= 0.6 is 0 Å². The van der Waals surface area contributed by atoms with E-state index in [0.717, 1.165) is 16.7 Å². The van der Waals surface area contributed by atoms with Crippen LogP contribution in [0.3, 0.4) is 0 Å². The molecule has 32 heavy (non-hydrogen) atoms. The number of aryl methyl sites for hydroxylation is 2. The number of hydrogen-bond donors (Lipinski definition) is 2. The minimum atomic E-state index is -4.22. The summed E-state index contributed by atoms with van der Waals surface area (Å²) in [4.78, 5) is 17.7. The maximum absolute atomic E-state index is 13.1. The number of nitrogens with one attached hydrogen (secondary N) is 1. The number of pyridine rings is 1. The molecule has 164 valence electrons. The lowest BCUT2D eigenvalue weighted by molar-refractivity contribution is 0.0952. The molecule has 4 rings (SSSR count). The Kier molecular flexibility index (Phi) is 5.72. The van der Waals surface area contributed by atoms with Gasteiger partial charge in [-0.25, -0.2) is 9.61 Å². The monoisotopic (exact) mass is 452 g/mol. The summed E-state index contributed by atoms with van der Waals surface area (Å²) in [5.41, 5.74) is 5.13. The average Bonchev–Trinajstić information content (AvgIpc) is 3.23. The molecule has 1 amide bonds.